The molecule has 5 aromatic rings. The van der Waals surface area contributed by atoms with Crippen molar-refractivity contribution in [2.75, 3.05) is 25.6 Å². The van der Waals surface area contributed by atoms with Crippen LogP contribution in [0.15, 0.2) is 64.4 Å². The fourth-order valence-electron chi connectivity index (χ4n) is 5.75. The van der Waals surface area contributed by atoms with Crippen LogP contribution in [0.4, 0.5) is 11.5 Å². The number of rotatable bonds is 8. The van der Waals surface area contributed by atoms with Crippen LogP contribution in [0.5, 0.6) is 5.88 Å². The SMILES string of the molecule is COc1nc(-c2cccc(-c3cccc(Nc4nccc5c4c(=O)n(C)c(=O)n5C)c3C)c2Cl)cnc1CN[C@H]1CCOC[C@H]1O. The lowest BCUT2D eigenvalue weighted by molar-refractivity contribution is -0.0281. The van der Waals surface area contributed by atoms with Crippen molar-refractivity contribution in [1.29, 1.82) is 0 Å². The van der Waals surface area contributed by atoms with Crippen LogP contribution in [0.1, 0.15) is 17.7 Å². The molecule has 13 heteroatoms. The van der Waals surface area contributed by atoms with E-state index in [0.29, 0.717) is 70.8 Å². The van der Waals surface area contributed by atoms with Gasteiger partial charge in [0.2, 0.25) is 5.88 Å². The molecule has 1 fully saturated rings. The van der Waals surface area contributed by atoms with Gasteiger partial charge >= 0.3 is 5.69 Å². The molecule has 1 aliphatic rings. The third-order valence-corrected chi connectivity index (χ3v) is 8.80. The minimum absolute atomic E-state index is 0.102. The Morgan fingerprint density at radius 3 is 2.61 bits per heavy atom. The van der Waals surface area contributed by atoms with Gasteiger partial charge in [0, 0.05) is 56.3 Å². The highest BCUT2D eigenvalue weighted by atomic mass is 35.5. The lowest BCUT2D eigenvalue weighted by atomic mass is 9.96. The first-order chi connectivity index (χ1) is 22.2. The topological polar surface area (TPSA) is 145 Å². The van der Waals surface area contributed by atoms with E-state index in [2.05, 4.69) is 20.6 Å². The average Bonchev–Trinajstić information content (AvgIpc) is 3.07. The second kappa shape index (κ2) is 13.0. The van der Waals surface area contributed by atoms with E-state index in [1.54, 1.807) is 32.6 Å². The molecule has 0 saturated carbocycles. The predicted molar refractivity (Wildman–Crippen MR) is 177 cm³/mol. The lowest BCUT2D eigenvalue weighted by Crippen LogP contribution is -2.46. The second-order valence-electron chi connectivity index (χ2n) is 11.2. The van der Waals surface area contributed by atoms with Crippen LogP contribution in [0.3, 0.4) is 0 Å². The van der Waals surface area contributed by atoms with Crippen molar-refractivity contribution in [3.8, 4) is 28.3 Å². The van der Waals surface area contributed by atoms with Gasteiger partial charge < -0.3 is 25.2 Å². The van der Waals surface area contributed by atoms with E-state index in [-0.39, 0.29) is 6.04 Å². The maximum Gasteiger partial charge on any atom is 0.330 e. The van der Waals surface area contributed by atoms with Crippen LogP contribution in [-0.2, 0) is 25.4 Å². The summed E-state index contributed by atoms with van der Waals surface area (Å²) in [6.07, 6.45) is 3.34. The first-order valence-corrected chi connectivity index (χ1v) is 15.2. The number of ether oxygens (including phenoxy) is 2. The zero-order valence-corrected chi connectivity index (χ0v) is 26.6. The maximum atomic E-state index is 13.1. The van der Waals surface area contributed by atoms with Gasteiger partial charge in [-0.05, 0) is 36.6 Å². The molecule has 6 rings (SSSR count). The molecule has 1 aliphatic heterocycles. The van der Waals surface area contributed by atoms with E-state index in [1.807, 2.05) is 43.3 Å². The number of methoxy groups -OCH3 is 1. The molecule has 46 heavy (non-hydrogen) atoms. The van der Waals surface area contributed by atoms with E-state index >= 15 is 0 Å². The highest BCUT2D eigenvalue weighted by Gasteiger charge is 2.24. The van der Waals surface area contributed by atoms with Crippen LogP contribution in [-0.4, -0.2) is 61.7 Å². The molecule has 238 valence electrons. The Kier molecular flexibility index (Phi) is 8.87. The van der Waals surface area contributed by atoms with Crippen molar-refractivity contribution in [1.82, 2.24) is 29.4 Å². The van der Waals surface area contributed by atoms with Crippen LogP contribution < -0.4 is 26.6 Å². The summed E-state index contributed by atoms with van der Waals surface area (Å²) in [7, 11) is 4.61. The standard InChI is InChI=1S/C33H34ClN7O5/c1-18-19(7-6-10-22(18)38-30-28-26(11-13-35-30)40(2)33(44)41(3)32(28)43)20-8-5-9-21(29(20)34)24-15-37-25(31(39-24)45-4)16-36-23-12-14-46-17-27(23)42/h5-11,13,15,23,27,36,42H,12,14,16-17H2,1-4H3,(H,35,38)/t23-,27+/m0/s1. The minimum atomic E-state index is -0.587. The van der Waals surface area contributed by atoms with Crippen LogP contribution in [0.25, 0.3) is 33.3 Å². The van der Waals surface area contributed by atoms with E-state index in [0.717, 1.165) is 26.9 Å². The van der Waals surface area contributed by atoms with Crippen LogP contribution >= 0.6 is 11.6 Å². The molecule has 0 amide bonds. The molecule has 0 aliphatic carbocycles. The molecular formula is C33H34ClN7O5. The fourth-order valence-corrected chi connectivity index (χ4v) is 6.07. The summed E-state index contributed by atoms with van der Waals surface area (Å²) in [6.45, 7) is 3.22. The summed E-state index contributed by atoms with van der Waals surface area (Å²) < 4.78 is 13.4. The monoisotopic (exact) mass is 643 g/mol. The van der Waals surface area contributed by atoms with Gasteiger partial charge in [-0.15, -0.1) is 0 Å². The quantitative estimate of drug-likeness (QED) is 0.229. The predicted octanol–water partition coefficient (Wildman–Crippen LogP) is 3.71. The van der Waals surface area contributed by atoms with Crippen molar-refractivity contribution in [3.05, 3.63) is 92.0 Å². The van der Waals surface area contributed by atoms with E-state index in [9.17, 15) is 14.7 Å². The van der Waals surface area contributed by atoms with E-state index in [1.165, 1.54) is 11.6 Å². The van der Waals surface area contributed by atoms with Gasteiger partial charge in [-0.25, -0.2) is 14.8 Å². The number of nitrogens with zero attached hydrogens (tertiary/aromatic N) is 5. The Morgan fingerprint density at radius 1 is 1.07 bits per heavy atom. The third kappa shape index (κ3) is 5.76. The molecule has 0 unspecified atom stereocenters. The molecule has 0 radical (unpaired) electrons. The number of benzene rings is 2. The molecular weight excluding hydrogens is 610 g/mol. The van der Waals surface area contributed by atoms with Crippen molar-refractivity contribution >= 4 is 34.0 Å². The number of hydrogen-bond acceptors (Lipinski definition) is 10. The number of aliphatic hydroxyl groups excluding tert-OH is 1. The molecule has 0 bridgehead atoms. The van der Waals surface area contributed by atoms with Crippen molar-refractivity contribution in [2.45, 2.75) is 32.0 Å². The van der Waals surface area contributed by atoms with Gasteiger partial charge in [0.25, 0.3) is 5.56 Å². The summed E-state index contributed by atoms with van der Waals surface area (Å²) in [5.74, 6) is 0.707. The maximum absolute atomic E-state index is 13.1. The van der Waals surface area contributed by atoms with Gasteiger partial charge in [0.1, 0.15) is 16.9 Å². The summed E-state index contributed by atoms with van der Waals surface area (Å²) in [6, 6.07) is 13.0. The minimum Gasteiger partial charge on any atom is -0.480 e. The highest BCUT2D eigenvalue weighted by Crippen LogP contribution is 2.39. The highest BCUT2D eigenvalue weighted by molar-refractivity contribution is 6.36. The Hall–Kier alpha value is -4.62. The normalized spacial score (nSPS) is 16.5. The molecule has 2 atom stereocenters. The number of aryl methyl sites for hydroxylation is 1. The number of aromatic nitrogens is 5. The molecule has 1 saturated heterocycles. The first-order valence-electron chi connectivity index (χ1n) is 14.8. The molecule has 2 aromatic carbocycles. The van der Waals surface area contributed by atoms with Gasteiger partial charge in [-0.2, -0.15) is 0 Å². The van der Waals surface area contributed by atoms with Gasteiger partial charge in [-0.1, -0.05) is 41.9 Å². The third-order valence-electron chi connectivity index (χ3n) is 8.40. The van der Waals surface area contributed by atoms with Crippen molar-refractivity contribution in [2.24, 2.45) is 14.1 Å². The Morgan fingerprint density at radius 2 is 1.83 bits per heavy atom. The number of hydrogen-bond donors (Lipinski definition) is 3. The number of aliphatic hydroxyl groups is 1. The van der Waals surface area contributed by atoms with Crippen molar-refractivity contribution in [3.63, 3.8) is 0 Å². The van der Waals surface area contributed by atoms with Crippen LogP contribution in [0.2, 0.25) is 5.02 Å². The Balaban J connectivity index is 1.32. The van der Waals surface area contributed by atoms with Crippen LogP contribution in [0, 0.1) is 6.92 Å². The number of fused-ring (bicyclic) bond motifs is 1. The average molecular weight is 644 g/mol. The van der Waals surface area contributed by atoms with E-state index in [4.69, 9.17) is 26.1 Å². The van der Waals surface area contributed by atoms with E-state index < -0.39 is 17.4 Å². The zero-order valence-electron chi connectivity index (χ0n) is 25.9. The lowest BCUT2D eigenvalue weighted by Gasteiger charge is -2.28. The number of pyridine rings is 1. The summed E-state index contributed by atoms with van der Waals surface area (Å²) >= 11 is 7.06. The zero-order chi connectivity index (χ0) is 32.5. The summed E-state index contributed by atoms with van der Waals surface area (Å²) in [5, 5.41) is 17.7. The molecule has 12 nitrogen and oxygen atoms in total. The smallest absolute Gasteiger partial charge is 0.330 e. The fraction of sp³-hybridized carbons (Fsp3) is 0.303. The van der Waals surface area contributed by atoms with Gasteiger partial charge in [0.15, 0.2) is 0 Å². The summed E-state index contributed by atoms with van der Waals surface area (Å²) in [5.41, 5.74) is 4.74. The van der Waals surface area contributed by atoms with Crippen molar-refractivity contribution < 1.29 is 14.6 Å². The molecule has 0 spiro atoms. The summed E-state index contributed by atoms with van der Waals surface area (Å²) in [4.78, 5) is 39.4. The Bertz CT molecular complexity index is 2060. The number of nitrogens with one attached hydrogen (secondary N) is 2. The second-order valence-corrected chi connectivity index (χ2v) is 11.5. The molecule has 3 N–H and O–H groups in total. The van der Waals surface area contributed by atoms with Gasteiger partial charge in [-0.3, -0.25) is 18.9 Å². The number of halogens is 1. The Labute approximate surface area is 269 Å². The first kappa shape index (κ1) is 31.4. The number of anilines is 2. The molecule has 4 heterocycles. The van der Waals surface area contributed by atoms with Gasteiger partial charge in [0.05, 0.1) is 42.3 Å². The molecule has 3 aromatic heterocycles. The largest absolute Gasteiger partial charge is 0.480 e.